The van der Waals surface area contributed by atoms with Gasteiger partial charge in [0.05, 0.1) is 18.8 Å². The van der Waals surface area contributed by atoms with Crippen LogP contribution in [0.2, 0.25) is 0 Å². The SMILES string of the molecule is O=C(c1csnn1)N1CCOCC12CC2. The number of aromatic nitrogens is 2. The maximum atomic E-state index is 12.1. The van der Waals surface area contributed by atoms with Crippen molar-refractivity contribution in [3.63, 3.8) is 0 Å². The molecule has 0 atom stereocenters. The molecule has 1 aliphatic heterocycles. The Bertz CT molecular complexity index is 375. The van der Waals surface area contributed by atoms with Crippen molar-refractivity contribution >= 4 is 17.4 Å². The smallest absolute Gasteiger partial charge is 0.275 e. The third-order valence-corrected chi connectivity index (χ3v) is 3.56. The number of hydrogen-bond donors (Lipinski definition) is 0. The molecule has 0 aromatic carbocycles. The lowest BCUT2D eigenvalue weighted by molar-refractivity contribution is -0.0120. The molecule has 3 rings (SSSR count). The normalized spacial score (nSPS) is 23.1. The van der Waals surface area contributed by atoms with E-state index in [1.54, 1.807) is 5.38 Å². The molecule has 5 nitrogen and oxygen atoms in total. The molecule has 1 aliphatic carbocycles. The average Bonchev–Trinajstić information content (AvgIpc) is 2.85. The van der Waals surface area contributed by atoms with Crippen molar-refractivity contribution in [2.45, 2.75) is 18.4 Å². The van der Waals surface area contributed by atoms with Crippen LogP contribution >= 0.6 is 11.5 Å². The number of carbonyl (C=O) groups is 1. The summed E-state index contributed by atoms with van der Waals surface area (Å²) >= 11 is 1.21. The van der Waals surface area contributed by atoms with Crippen molar-refractivity contribution in [3.8, 4) is 0 Å². The van der Waals surface area contributed by atoms with E-state index in [2.05, 4.69) is 9.59 Å². The monoisotopic (exact) mass is 225 g/mol. The van der Waals surface area contributed by atoms with Crippen LogP contribution in [0.3, 0.4) is 0 Å². The van der Waals surface area contributed by atoms with Gasteiger partial charge in [-0.1, -0.05) is 4.49 Å². The Morgan fingerprint density at radius 1 is 1.60 bits per heavy atom. The molecule has 0 bridgehead atoms. The van der Waals surface area contributed by atoms with E-state index in [4.69, 9.17) is 4.74 Å². The summed E-state index contributed by atoms with van der Waals surface area (Å²) in [5.41, 5.74) is 0.451. The van der Waals surface area contributed by atoms with E-state index in [9.17, 15) is 4.79 Å². The molecule has 0 N–H and O–H groups in total. The highest BCUT2D eigenvalue weighted by Crippen LogP contribution is 2.44. The number of hydrogen-bond acceptors (Lipinski definition) is 5. The first kappa shape index (κ1) is 9.23. The van der Waals surface area contributed by atoms with E-state index in [0.717, 1.165) is 12.8 Å². The number of ether oxygens (including phenoxy) is 1. The lowest BCUT2D eigenvalue weighted by atomic mass is 10.2. The first-order valence-corrected chi connectivity index (χ1v) is 5.82. The Balaban J connectivity index is 1.84. The summed E-state index contributed by atoms with van der Waals surface area (Å²) in [6.45, 7) is 1.98. The van der Waals surface area contributed by atoms with Gasteiger partial charge in [-0.25, -0.2) is 0 Å². The molecule has 1 spiro atoms. The lowest BCUT2D eigenvalue weighted by Crippen LogP contribution is -2.50. The molecule has 0 unspecified atom stereocenters. The van der Waals surface area contributed by atoms with Crippen molar-refractivity contribution in [1.82, 2.24) is 14.5 Å². The van der Waals surface area contributed by atoms with E-state index in [-0.39, 0.29) is 11.4 Å². The maximum absolute atomic E-state index is 12.1. The van der Waals surface area contributed by atoms with Gasteiger partial charge in [0.1, 0.15) is 0 Å². The lowest BCUT2D eigenvalue weighted by Gasteiger charge is -2.35. The van der Waals surface area contributed by atoms with Gasteiger partial charge < -0.3 is 9.64 Å². The minimum absolute atomic E-state index is 0.00421. The quantitative estimate of drug-likeness (QED) is 0.700. The van der Waals surface area contributed by atoms with E-state index >= 15 is 0 Å². The van der Waals surface area contributed by atoms with E-state index < -0.39 is 0 Å². The second-order valence-corrected chi connectivity index (χ2v) is 4.63. The summed E-state index contributed by atoms with van der Waals surface area (Å²) in [6.07, 6.45) is 2.10. The molecular weight excluding hydrogens is 214 g/mol. The third-order valence-electron chi connectivity index (χ3n) is 3.05. The fraction of sp³-hybridized carbons (Fsp3) is 0.667. The highest BCUT2D eigenvalue weighted by atomic mass is 32.1. The fourth-order valence-electron chi connectivity index (χ4n) is 2.00. The maximum Gasteiger partial charge on any atom is 0.275 e. The molecule has 80 valence electrons. The molecule has 0 radical (unpaired) electrons. The van der Waals surface area contributed by atoms with Crippen LogP contribution in [0.25, 0.3) is 0 Å². The van der Waals surface area contributed by atoms with Crippen LogP contribution in [0.1, 0.15) is 23.3 Å². The van der Waals surface area contributed by atoms with Gasteiger partial charge in [0.25, 0.3) is 5.91 Å². The molecule has 2 fully saturated rings. The van der Waals surface area contributed by atoms with Crippen LogP contribution < -0.4 is 0 Å². The first-order valence-electron chi connectivity index (χ1n) is 4.99. The Kier molecular flexibility index (Phi) is 2.00. The van der Waals surface area contributed by atoms with Gasteiger partial charge in [-0.15, -0.1) is 5.10 Å². The second kappa shape index (κ2) is 3.24. The van der Waals surface area contributed by atoms with Gasteiger partial charge in [0.2, 0.25) is 0 Å². The standard InChI is InChI=1S/C9H11N3O2S/c13-8(7-5-15-11-10-7)12-3-4-14-6-9(12)1-2-9/h5H,1-4,6H2. The average molecular weight is 225 g/mol. The van der Waals surface area contributed by atoms with E-state index in [0.29, 0.717) is 25.5 Å². The van der Waals surface area contributed by atoms with Crippen LogP contribution in [-0.4, -0.2) is 45.7 Å². The van der Waals surface area contributed by atoms with Crippen LogP contribution in [0.4, 0.5) is 0 Å². The minimum atomic E-state index is -0.0149. The molecule has 2 aliphatic rings. The summed E-state index contributed by atoms with van der Waals surface area (Å²) in [4.78, 5) is 14.0. The summed E-state index contributed by atoms with van der Waals surface area (Å²) in [6, 6.07) is 0. The van der Waals surface area contributed by atoms with Crippen LogP contribution in [-0.2, 0) is 4.74 Å². The topological polar surface area (TPSA) is 55.3 Å². The number of amides is 1. The van der Waals surface area contributed by atoms with Gasteiger partial charge in [-0.2, -0.15) is 0 Å². The zero-order chi connectivity index (χ0) is 10.3. The van der Waals surface area contributed by atoms with Crippen molar-refractivity contribution < 1.29 is 9.53 Å². The van der Waals surface area contributed by atoms with Gasteiger partial charge in [-0.3, -0.25) is 4.79 Å². The zero-order valence-corrected chi connectivity index (χ0v) is 9.00. The Hall–Kier alpha value is -1.01. The van der Waals surface area contributed by atoms with Gasteiger partial charge in [0.15, 0.2) is 5.69 Å². The molecule has 1 aromatic heterocycles. The van der Waals surface area contributed by atoms with Crippen molar-refractivity contribution in [2.24, 2.45) is 0 Å². The summed E-state index contributed by atoms with van der Waals surface area (Å²) in [5.74, 6) is 0.00421. The first-order chi connectivity index (χ1) is 7.32. The predicted octanol–water partition coefficient (Wildman–Crippen LogP) is 0.543. The highest BCUT2D eigenvalue weighted by molar-refractivity contribution is 7.03. The van der Waals surface area contributed by atoms with E-state index in [1.165, 1.54) is 11.5 Å². The fourth-order valence-corrected chi connectivity index (χ4v) is 2.43. The van der Waals surface area contributed by atoms with Crippen molar-refractivity contribution in [1.29, 1.82) is 0 Å². The number of nitrogens with zero attached hydrogens (tertiary/aromatic N) is 3. The zero-order valence-electron chi connectivity index (χ0n) is 8.18. The van der Waals surface area contributed by atoms with Crippen LogP contribution in [0, 0.1) is 0 Å². The predicted molar refractivity (Wildman–Crippen MR) is 53.7 cm³/mol. The second-order valence-electron chi connectivity index (χ2n) is 4.02. The largest absolute Gasteiger partial charge is 0.377 e. The molecule has 1 saturated heterocycles. The molecule has 1 saturated carbocycles. The van der Waals surface area contributed by atoms with Gasteiger partial charge in [-0.05, 0) is 24.4 Å². The van der Waals surface area contributed by atoms with E-state index in [1.807, 2.05) is 4.90 Å². The molecular formula is C9H11N3O2S. The van der Waals surface area contributed by atoms with Crippen LogP contribution in [0.15, 0.2) is 5.38 Å². The highest BCUT2D eigenvalue weighted by Gasteiger charge is 2.52. The van der Waals surface area contributed by atoms with Gasteiger partial charge in [0, 0.05) is 11.9 Å². The third kappa shape index (κ3) is 1.44. The Morgan fingerprint density at radius 3 is 3.13 bits per heavy atom. The number of rotatable bonds is 1. The Morgan fingerprint density at radius 2 is 2.47 bits per heavy atom. The van der Waals surface area contributed by atoms with Crippen molar-refractivity contribution in [3.05, 3.63) is 11.1 Å². The Labute approximate surface area is 91.2 Å². The summed E-state index contributed by atoms with van der Waals surface area (Å²) in [5, 5.41) is 5.52. The molecule has 1 aromatic rings. The molecule has 1 amide bonds. The number of morpholine rings is 1. The number of carbonyl (C=O) groups excluding carboxylic acids is 1. The van der Waals surface area contributed by atoms with Gasteiger partial charge >= 0.3 is 0 Å². The molecule has 15 heavy (non-hydrogen) atoms. The summed E-state index contributed by atoms with van der Waals surface area (Å²) < 4.78 is 9.14. The molecule has 6 heteroatoms. The molecule has 2 heterocycles. The minimum Gasteiger partial charge on any atom is -0.377 e. The van der Waals surface area contributed by atoms with Crippen molar-refractivity contribution in [2.75, 3.05) is 19.8 Å². The van der Waals surface area contributed by atoms with Crippen LogP contribution in [0.5, 0.6) is 0 Å². The summed E-state index contributed by atoms with van der Waals surface area (Å²) in [7, 11) is 0.